The van der Waals surface area contributed by atoms with E-state index in [1.54, 1.807) is 12.1 Å². The third-order valence-electron chi connectivity index (χ3n) is 1.98. The molecular weight excluding hydrogens is 216 g/mol. The molecule has 0 unspecified atom stereocenters. The first kappa shape index (κ1) is 12.5. The predicted molar refractivity (Wildman–Crippen MR) is 64.9 cm³/mol. The van der Waals surface area contributed by atoms with Crippen molar-refractivity contribution >= 4 is 12.0 Å². The van der Waals surface area contributed by atoms with Gasteiger partial charge in [-0.3, -0.25) is 4.79 Å². The Morgan fingerprint density at radius 3 is 2.65 bits per heavy atom. The number of aromatic hydroxyl groups is 1. The minimum atomic E-state index is -0.444. The third kappa shape index (κ3) is 3.84. The van der Waals surface area contributed by atoms with E-state index < -0.39 is 5.91 Å². The molecule has 0 radical (unpaired) electrons. The largest absolute Gasteiger partial charge is 0.508 e. The first-order valence-corrected chi connectivity index (χ1v) is 4.97. The molecule has 0 spiro atoms. The van der Waals surface area contributed by atoms with Gasteiger partial charge < -0.3 is 10.4 Å². The molecule has 1 aromatic carbocycles. The van der Waals surface area contributed by atoms with Gasteiger partial charge in [0.1, 0.15) is 17.4 Å². The zero-order valence-electron chi connectivity index (χ0n) is 9.18. The van der Waals surface area contributed by atoms with Crippen LogP contribution in [0.3, 0.4) is 0 Å². The summed E-state index contributed by atoms with van der Waals surface area (Å²) >= 11 is 0. The van der Waals surface area contributed by atoms with Gasteiger partial charge in [0.2, 0.25) is 0 Å². The fraction of sp³-hybridized carbons (Fsp3) is 0.0769. The Balaban J connectivity index is 2.87. The van der Waals surface area contributed by atoms with Crippen LogP contribution in [0.5, 0.6) is 5.75 Å². The summed E-state index contributed by atoms with van der Waals surface area (Å²) in [6.07, 6.45) is 2.99. The van der Waals surface area contributed by atoms with Crippen LogP contribution in [0.15, 0.2) is 42.5 Å². The van der Waals surface area contributed by atoms with Crippen molar-refractivity contribution in [2.75, 3.05) is 6.54 Å². The Kier molecular flexibility index (Phi) is 4.52. The van der Waals surface area contributed by atoms with Crippen LogP contribution in [-0.2, 0) is 4.79 Å². The lowest BCUT2D eigenvalue weighted by Crippen LogP contribution is -2.24. The third-order valence-corrected chi connectivity index (χ3v) is 1.98. The average Bonchev–Trinajstić information content (AvgIpc) is 2.35. The van der Waals surface area contributed by atoms with Gasteiger partial charge >= 0.3 is 0 Å². The van der Waals surface area contributed by atoms with Crippen LogP contribution in [0.2, 0.25) is 0 Å². The van der Waals surface area contributed by atoms with Crippen LogP contribution in [0.1, 0.15) is 5.56 Å². The minimum absolute atomic E-state index is 0.0116. The van der Waals surface area contributed by atoms with E-state index in [1.165, 1.54) is 24.3 Å². The number of rotatable bonds is 4. The number of hydrogen-bond acceptors (Lipinski definition) is 3. The van der Waals surface area contributed by atoms with Crippen LogP contribution in [-0.4, -0.2) is 17.6 Å². The Bertz CT molecular complexity index is 481. The van der Waals surface area contributed by atoms with Gasteiger partial charge in [0.05, 0.1) is 0 Å². The Morgan fingerprint density at radius 2 is 2.12 bits per heavy atom. The maximum Gasteiger partial charge on any atom is 0.262 e. The highest BCUT2D eigenvalue weighted by Crippen LogP contribution is 2.12. The van der Waals surface area contributed by atoms with Crippen molar-refractivity contribution < 1.29 is 9.90 Å². The predicted octanol–water partition coefficient (Wildman–Crippen LogP) is 1.60. The quantitative estimate of drug-likeness (QED) is 0.467. The SMILES string of the molecule is C=CCNC(=O)C(C#N)=Cc1ccc(O)cc1. The average molecular weight is 228 g/mol. The number of hydrogen-bond donors (Lipinski definition) is 2. The van der Waals surface area contributed by atoms with Crippen molar-refractivity contribution in [3.05, 3.63) is 48.1 Å². The summed E-state index contributed by atoms with van der Waals surface area (Å²) < 4.78 is 0. The van der Waals surface area contributed by atoms with Gasteiger partial charge in [-0.2, -0.15) is 5.26 Å². The molecule has 17 heavy (non-hydrogen) atoms. The highest BCUT2D eigenvalue weighted by Gasteiger charge is 2.07. The second-order valence-corrected chi connectivity index (χ2v) is 3.26. The normalized spacial score (nSPS) is 10.4. The van der Waals surface area contributed by atoms with Gasteiger partial charge in [-0.25, -0.2) is 0 Å². The van der Waals surface area contributed by atoms with Crippen molar-refractivity contribution in [2.24, 2.45) is 0 Å². The molecule has 1 rings (SSSR count). The van der Waals surface area contributed by atoms with Crippen LogP contribution in [0, 0.1) is 11.3 Å². The van der Waals surface area contributed by atoms with Gasteiger partial charge in [0, 0.05) is 6.54 Å². The molecule has 0 aliphatic carbocycles. The number of phenols is 1. The van der Waals surface area contributed by atoms with E-state index in [0.29, 0.717) is 12.1 Å². The van der Waals surface area contributed by atoms with Gasteiger partial charge in [-0.05, 0) is 23.8 Å². The zero-order valence-corrected chi connectivity index (χ0v) is 9.18. The van der Waals surface area contributed by atoms with E-state index in [1.807, 2.05) is 6.07 Å². The minimum Gasteiger partial charge on any atom is -0.508 e. The molecule has 0 saturated heterocycles. The van der Waals surface area contributed by atoms with Crippen molar-refractivity contribution in [3.8, 4) is 11.8 Å². The number of nitrogens with zero attached hydrogens (tertiary/aromatic N) is 1. The van der Waals surface area contributed by atoms with E-state index in [2.05, 4.69) is 11.9 Å². The van der Waals surface area contributed by atoms with Crippen molar-refractivity contribution in [2.45, 2.75) is 0 Å². The van der Waals surface area contributed by atoms with E-state index in [9.17, 15) is 4.79 Å². The summed E-state index contributed by atoms with van der Waals surface area (Å²) in [6, 6.07) is 8.04. The number of nitriles is 1. The van der Waals surface area contributed by atoms with Gasteiger partial charge in [-0.15, -0.1) is 6.58 Å². The molecular formula is C13H12N2O2. The maximum atomic E-state index is 11.5. The molecule has 1 amide bonds. The molecule has 2 N–H and O–H groups in total. The highest BCUT2D eigenvalue weighted by atomic mass is 16.3. The molecule has 0 saturated carbocycles. The van der Waals surface area contributed by atoms with Crippen LogP contribution < -0.4 is 5.32 Å². The summed E-state index contributed by atoms with van der Waals surface area (Å²) in [5.74, 6) is -0.308. The highest BCUT2D eigenvalue weighted by molar-refractivity contribution is 6.01. The smallest absolute Gasteiger partial charge is 0.262 e. The number of phenolic OH excluding ortho intramolecular Hbond substituents is 1. The van der Waals surface area contributed by atoms with E-state index in [0.717, 1.165) is 0 Å². The molecule has 0 bridgehead atoms. The van der Waals surface area contributed by atoms with Gasteiger partial charge in [-0.1, -0.05) is 18.2 Å². The number of benzene rings is 1. The summed E-state index contributed by atoms with van der Waals surface area (Å²) in [5, 5.41) is 20.5. The van der Waals surface area contributed by atoms with Crippen molar-refractivity contribution in [3.63, 3.8) is 0 Å². The second-order valence-electron chi connectivity index (χ2n) is 3.26. The lowest BCUT2D eigenvalue weighted by atomic mass is 10.1. The molecule has 0 heterocycles. The topological polar surface area (TPSA) is 73.1 Å². The van der Waals surface area contributed by atoms with Crippen LogP contribution in [0.25, 0.3) is 6.08 Å². The van der Waals surface area contributed by atoms with E-state index >= 15 is 0 Å². The number of carbonyl (C=O) groups is 1. The zero-order chi connectivity index (χ0) is 12.7. The fourth-order valence-corrected chi connectivity index (χ4v) is 1.15. The van der Waals surface area contributed by atoms with Gasteiger partial charge in [0.15, 0.2) is 0 Å². The lowest BCUT2D eigenvalue weighted by Gasteiger charge is -2.00. The van der Waals surface area contributed by atoms with Crippen molar-refractivity contribution in [1.29, 1.82) is 5.26 Å². The number of amides is 1. The van der Waals surface area contributed by atoms with Crippen molar-refractivity contribution in [1.82, 2.24) is 5.32 Å². The Morgan fingerprint density at radius 1 is 1.47 bits per heavy atom. The van der Waals surface area contributed by atoms with Crippen LogP contribution in [0.4, 0.5) is 0 Å². The van der Waals surface area contributed by atoms with E-state index in [-0.39, 0.29) is 11.3 Å². The van der Waals surface area contributed by atoms with Gasteiger partial charge in [0.25, 0.3) is 5.91 Å². The molecule has 0 aliphatic heterocycles. The summed E-state index contributed by atoms with van der Waals surface area (Å²) in [5.41, 5.74) is 0.686. The molecule has 4 nitrogen and oxygen atoms in total. The second kappa shape index (κ2) is 6.13. The van der Waals surface area contributed by atoms with Crippen LogP contribution >= 0.6 is 0 Å². The number of nitrogens with one attached hydrogen (secondary N) is 1. The molecule has 0 fully saturated rings. The molecule has 0 aromatic heterocycles. The maximum absolute atomic E-state index is 11.5. The Hall–Kier alpha value is -2.54. The van der Waals surface area contributed by atoms with E-state index in [4.69, 9.17) is 10.4 Å². The number of carbonyl (C=O) groups excluding carboxylic acids is 1. The summed E-state index contributed by atoms with van der Waals surface area (Å²) in [4.78, 5) is 11.5. The molecule has 0 aliphatic rings. The molecule has 86 valence electrons. The molecule has 1 aromatic rings. The monoisotopic (exact) mass is 228 g/mol. The first-order chi connectivity index (χ1) is 8.17. The lowest BCUT2D eigenvalue weighted by molar-refractivity contribution is -0.116. The summed E-state index contributed by atoms with van der Waals surface area (Å²) in [6.45, 7) is 3.78. The molecule has 4 heteroatoms. The fourth-order valence-electron chi connectivity index (χ4n) is 1.15. The Labute approximate surface area is 99.5 Å². The molecule has 0 atom stereocenters. The summed E-state index contributed by atoms with van der Waals surface area (Å²) in [7, 11) is 0. The first-order valence-electron chi connectivity index (χ1n) is 4.97. The standard InChI is InChI=1S/C13H12N2O2/c1-2-7-15-13(17)11(9-14)8-10-3-5-12(16)6-4-10/h2-6,8,16H,1,7H2,(H,15,17).